The number of allylic oxidation sites excluding steroid dienone is 1. The van der Waals surface area contributed by atoms with Gasteiger partial charge in [0.1, 0.15) is 0 Å². The van der Waals surface area contributed by atoms with Crippen LogP contribution < -0.4 is 4.90 Å². The highest BCUT2D eigenvalue weighted by molar-refractivity contribution is 5.72. The van der Waals surface area contributed by atoms with Crippen LogP contribution in [0.4, 0.5) is 5.69 Å². The first-order valence-corrected chi connectivity index (χ1v) is 10.1. The highest BCUT2D eigenvalue weighted by Gasteiger charge is 2.24. The van der Waals surface area contributed by atoms with Gasteiger partial charge in [-0.2, -0.15) is 0 Å². The third-order valence-electron chi connectivity index (χ3n) is 5.96. The second kappa shape index (κ2) is 7.67. The summed E-state index contributed by atoms with van der Waals surface area (Å²) in [6.07, 6.45) is 2.15. The van der Waals surface area contributed by atoms with Crippen molar-refractivity contribution in [3.63, 3.8) is 0 Å². The quantitative estimate of drug-likeness (QED) is 0.497. The van der Waals surface area contributed by atoms with Crippen LogP contribution in [0.25, 0.3) is 5.57 Å². The predicted octanol–water partition coefficient (Wildman–Crippen LogP) is 6.68. The molecular formula is C27H29N. The fraction of sp³-hybridized carbons (Fsp3) is 0.259. The first-order valence-electron chi connectivity index (χ1n) is 10.1. The summed E-state index contributed by atoms with van der Waals surface area (Å²) in [7, 11) is 2.16. The van der Waals surface area contributed by atoms with Crippen molar-refractivity contribution in [2.24, 2.45) is 0 Å². The van der Waals surface area contributed by atoms with E-state index in [1.807, 2.05) is 0 Å². The first kappa shape index (κ1) is 18.6. The van der Waals surface area contributed by atoms with E-state index in [-0.39, 0.29) is 0 Å². The van der Waals surface area contributed by atoms with E-state index in [1.54, 1.807) is 0 Å². The number of anilines is 1. The Hall–Kier alpha value is -2.80. The van der Waals surface area contributed by atoms with Gasteiger partial charge in [-0.1, -0.05) is 66.7 Å². The number of rotatable bonds is 4. The average molecular weight is 368 g/mol. The number of fused-ring (bicyclic) bond motifs is 1. The Morgan fingerprint density at radius 2 is 1.64 bits per heavy atom. The minimum absolute atomic E-state index is 0.530. The van der Waals surface area contributed by atoms with Crippen molar-refractivity contribution in [3.8, 4) is 0 Å². The van der Waals surface area contributed by atoms with Crippen LogP contribution in [0.5, 0.6) is 0 Å². The van der Waals surface area contributed by atoms with E-state index in [9.17, 15) is 0 Å². The topological polar surface area (TPSA) is 3.24 Å². The molecule has 1 atom stereocenters. The Balaban J connectivity index is 1.62. The van der Waals surface area contributed by atoms with Crippen molar-refractivity contribution < 1.29 is 0 Å². The van der Waals surface area contributed by atoms with E-state index in [2.05, 4.69) is 99.1 Å². The van der Waals surface area contributed by atoms with E-state index in [1.165, 1.54) is 44.6 Å². The van der Waals surface area contributed by atoms with Gasteiger partial charge >= 0.3 is 0 Å². The molecular weight excluding hydrogens is 338 g/mol. The van der Waals surface area contributed by atoms with Crippen molar-refractivity contribution in [2.75, 3.05) is 11.9 Å². The minimum atomic E-state index is 0.530. The normalized spacial score (nSPS) is 16.0. The van der Waals surface area contributed by atoms with E-state index >= 15 is 0 Å². The van der Waals surface area contributed by atoms with E-state index in [0.717, 1.165) is 19.4 Å². The van der Waals surface area contributed by atoms with E-state index in [4.69, 9.17) is 0 Å². The summed E-state index contributed by atoms with van der Waals surface area (Å²) in [6, 6.07) is 24.4. The van der Waals surface area contributed by atoms with Crippen LogP contribution in [-0.4, -0.2) is 7.05 Å². The van der Waals surface area contributed by atoms with Gasteiger partial charge in [0, 0.05) is 19.3 Å². The largest absolute Gasteiger partial charge is 0.370 e. The van der Waals surface area contributed by atoms with Crippen LogP contribution in [-0.2, 0) is 13.0 Å². The Labute approximate surface area is 169 Å². The molecule has 0 spiro atoms. The molecule has 0 bridgehead atoms. The lowest BCUT2D eigenvalue weighted by Gasteiger charge is -2.29. The number of para-hydroxylation sites is 1. The first-order chi connectivity index (χ1) is 13.5. The summed E-state index contributed by atoms with van der Waals surface area (Å²) in [6.45, 7) is 9.74. The maximum atomic E-state index is 4.44. The maximum absolute atomic E-state index is 4.44. The van der Waals surface area contributed by atoms with Gasteiger partial charge in [-0.25, -0.2) is 0 Å². The summed E-state index contributed by atoms with van der Waals surface area (Å²) >= 11 is 0. The fourth-order valence-electron chi connectivity index (χ4n) is 4.56. The van der Waals surface area contributed by atoms with Crippen LogP contribution in [0, 0.1) is 13.8 Å². The molecule has 142 valence electrons. The highest BCUT2D eigenvalue weighted by Crippen LogP contribution is 2.40. The van der Waals surface area contributed by atoms with Crippen molar-refractivity contribution in [1.82, 2.24) is 0 Å². The van der Waals surface area contributed by atoms with Crippen LogP contribution in [0.15, 0.2) is 73.3 Å². The molecule has 0 radical (unpaired) electrons. The third-order valence-corrected chi connectivity index (χ3v) is 5.96. The van der Waals surface area contributed by atoms with E-state index in [0.29, 0.717) is 5.92 Å². The van der Waals surface area contributed by atoms with Crippen molar-refractivity contribution in [3.05, 3.63) is 107 Å². The molecule has 0 aliphatic heterocycles. The second-order valence-electron chi connectivity index (χ2n) is 8.26. The van der Waals surface area contributed by atoms with Crippen molar-refractivity contribution >= 4 is 11.3 Å². The molecule has 28 heavy (non-hydrogen) atoms. The standard InChI is InChI=1S/C27H29N/c1-19-10-12-23(13-11-19)24-15-21(3)27-20(2)14-22(16-25(27)17-24)18-28(4)26-8-6-5-7-9-26/h5-14,16,24H,3,15,17-18H2,1-2,4H3. The fourth-order valence-corrected chi connectivity index (χ4v) is 4.56. The van der Waals surface area contributed by atoms with Gasteiger partial charge in [0.05, 0.1) is 0 Å². The summed E-state index contributed by atoms with van der Waals surface area (Å²) in [5.74, 6) is 0.530. The van der Waals surface area contributed by atoms with Crippen LogP contribution in [0.3, 0.4) is 0 Å². The zero-order valence-corrected chi connectivity index (χ0v) is 17.2. The maximum Gasteiger partial charge on any atom is 0.0426 e. The number of hydrogen-bond acceptors (Lipinski definition) is 1. The number of nitrogens with zero attached hydrogens (tertiary/aromatic N) is 1. The summed E-state index contributed by atoms with van der Waals surface area (Å²) in [5, 5.41) is 0. The molecule has 0 aromatic heterocycles. The molecule has 0 saturated carbocycles. The Morgan fingerprint density at radius 1 is 0.929 bits per heavy atom. The monoisotopic (exact) mass is 367 g/mol. The number of hydrogen-bond donors (Lipinski definition) is 0. The second-order valence-corrected chi connectivity index (χ2v) is 8.26. The third kappa shape index (κ3) is 3.75. The number of aryl methyl sites for hydroxylation is 2. The van der Waals surface area contributed by atoms with Gasteiger partial charge in [-0.05, 0) is 78.1 Å². The van der Waals surface area contributed by atoms with Gasteiger partial charge in [0.15, 0.2) is 0 Å². The van der Waals surface area contributed by atoms with Gasteiger partial charge in [-0.15, -0.1) is 0 Å². The lowest BCUT2D eigenvalue weighted by atomic mass is 9.76. The molecule has 1 unspecified atom stereocenters. The molecule has 1 aliphatic rings. The molecule has 1 heteroatoms. The van der Waals surface area contributed by atoms with Gasteiger partial charge in [-0.3, -0.25) is 0 Å². The van der Waals surface area contributed by atoms with Gasteiger partial charge in [0.25, 0.3) is 0 Å². The Kier molecular flexibility index (Phi) is 5.09. The molecule has 1 aliphatic carbocycles. The van der Waals surface area contributed by atoms with Crippen LogP contribution in [0.1, 0.15) is 45.7 Å². The molecule has 3 aromatic carbocycles. The minimum Gasteiger partial charge on any atom is -0.370 e. The molecule has 1 nitrogen and oxygen atoms in total. The Bertz CT molecular complexity index is 983. The lowest BCUT2D eigenvalue weighted by molar-refractivity contribution is 0.681. The lowest BCUT2D eigenvalue weighted by Crippen LogP contribution is -2.18. The van der Waals surface area contributed by atoms with Crippen LogP contribution in [0.2, 0.25) is 0 Å². The molecule has 3 aromatic rings. The van der Waals surface area contributed by atoms with Gasteiger partial charge < -0.3 is 4.90 Å². The molecule has 0 amide bonds. The van der Waals surface area contributed by atoms with Crippen LogP contribution >= 0.6 is 0 Å². The highest BCUT2D eigenvalue weighted by atomic mass is 15.1. The summed E-state index contributed by atoms with van der Waals surface area (Å²) < 4.78 is 0. The summed E-state index contributed by atoms with van der Waals surface area (Å²) in [4.78, 5) is 2.32. The zero-order chi connectivity index (χ0) is 19.7. The number of benzene rings is 3. The van der Waals surface area contributed by atoms with Crippen molar-refractivity contribution in [2.45, 2.75) is 39.2 Å². The van der Waals surface area contributed by atoms with E-state index < -0.39 is 0 Å². The SMILES string of the molecule is C=C1CC(c2ccc(C)cc2)Cc2cc(CN(C)c3ccccc3)cc(C)c21. The molecule has 0 N–H and O–H groups in total. The average Bonchev–Trinajstić information content (AvgIpc) is 2.68. The molecule has 0 fully saturated rings. The Morgan fingerprint density at radius 3 is 2.36 bits per heavy atom. The molecule has 0 heterocycles. The van der Waals surface area contributed by atoms with Crippen molar-refractivity contribution in [1.29, 1.82) is 0 Å². The molecule has 4 rings (SSSR count). The summed E-state index contributed by atoms with van der Waals surface area (Å²) in [5.41, 5.74) is 10.9. The predicted molar refractivity (Wildman–Crippen MR) is 121 cm³/mol. The zero-order valence-electron chi connectivity index (χ0n) is 17.2. The van der Waals surface area contributed by atoms with Gasteiger partial charge in [0.2, 0.25) is 0 Å². The smallest absolute Gasteiger partial charge is 0.0426 e. The molecule has 0 saturated heterocycles.